The number of hydrogen-bond acceptors (Lipinski definition) is 4. The lowest BCUT2D eigenvalue weighted by molar-refractivity contribution is 0.296. The average molecular weight is 353 g/mol. The molecule has 24 heavy (non-hydrogen) atoms. The maximum Gasteiger partial charge on any atom is 0.242 e. The summed E-state index contributed by atoms with van der Waals surface area (Å²) in [7, 11) is -0.533. The Bertz CT molecular complexity index is 745. The predicted octanol–water partition coefficient (Wildman–Crippen LogP) is 2.92. The van der Waals surface area contributed by atoms with Crippen molar-refractivity contribution in [2.75, 3.05) is 27.3 Å². The Balaban J connectivity index is 1.83. The summed E-state index contributed by atoms with van der Waals surface area (Å²) in [5.41, 5.74) is 0. The van der Waals surface area contributed by atoms with Gasteiger partial charge in [-0.1, -0.05) is 0 Å². The van der Waals surface area contributed by atoms with E-state index in [-0.39, 0.29) is 4.90 Å². The number of methoxy groups -OCH3 is 1. The Morgan fingerprint density at radius 3 is 2.17 bits per heavy atom. The van der Waals surface area contributed by atoms with Gasteiger partial charge in [-0.3, -0.25) is 0 Å². The van der Waals surface area contributed by atoms with Crippen molar-refractivity contribution in [3.8, 4) is 11.5 Å². The highest BCUT2D eigenvalue weighted by Gasteiger charge is 2.20. The lowest BCUT2D eigenvalue weighted by atomic mass is 10.3. The summed E-state index contributed by atoms with van der Waals surface area (Å²) in [6, 6.07) is 11.9. The first-order chi connectivity index (χ1) is 11.4. The minimum atomic E-state index is -3.62. The number of benzene rings is 2. The first-order valence-electron chi connectivity index (χ1n) is 7.42. The lowest BCUT2D eigenvalue weighted by Gasteiger charge is -2.17. The second-order valence-electron chi connectivity index (χ2n) is 5.16. The molecule has 0 atom stereocenters. The number of halogens is 1. The van der Waals surface area contributed by atoms with Gasteiger partial charge in [-0.05, 0) is 55.0 Å². The highest BCUT2D eigenvalue weighted by Crippen LogP contribution is 2.18. The fourth-order valence-electron chi connectivity index (χ4n) is 2.06. The van der Waals surface area contributed by atoms with E-state index >= 15 is 0 Å². The number of nitrogens with zero attached hydrogens (tertiary/aromatic N) is 1. The number of hydrogen-bond donors (Lipinski definition) is 0. The van der Waals surface area contributed by atoms with Crippen molar-refractivity contribution in [3.05, 3.63) is 54.3 Å². The summed E-state index contributed by atoms with van der Waals surface area (Å²) in [6.07, 6.45) is 0.531. The Kier molecular flexibility index (Phi) is 6.16. The van der Waals surface area contributed by atoms with Crippen molar-refractivity contribution in [2.45, 2.75) is 11.3 Å². The largest absolute Gasteiger partial charge is 0.497 e. The molecular formula is C17H20FNO4S. The van der Waals surface area contributed by atoms with Crippen molar-refractivity contribution in [3.63, 3.8) is 0 Å². The van der Waals surface area contributed by atoms with Crippen molar-refractivity contribution < 1.29 is 22.3 Å². The van der Waals surface area contributed by atoms with E-state index in [1.807, 2.05) is 0 Å². The zero-order valence-corrected chi connectivity index (χ0v) is 14.4. The van der Waals surface area contributed by atoms with Gasteiger partial charge >= 0.3 is 0 Å². The molecule has 0 aromatic heterocycles. The van der Waals surface area contributed by atoms with Gasteiger partial charge in [0.2, 0.25) is 10.0 Å². The smallest absolute Gasteiger partial charge is 0.242 e. The highest BCUT2D eigenvalue weighted by molar-refractivity contribution is 7.89. The van der Waals surface area contributed by atoms with E-state index < -0.39 is 15.8 Å². The maximum absolute atomic E-state index is 12.9. The maximum atomic E-state index is 12.9. The van der Waals surface area contributed by atoms with E-state index in [9.17, 15) is 12.8 Å². The number of sulfonamides is 1. The molecule has 0 aliphatic heterocycles. The molecule has 0 radical (unpaired) electrons. The van der Waals surface area contributed by atoms with Crippen LogP contribution in [-0.2, 0) is 10.0 Å². The average Bonchev–Trinajstić information content (AvgIpc) is 2.59. The van der Waals surface area contributed by atoms with Crippen molar-refractivity contribution >= 4 is 10.0 Å². The Hall–Kier alpha value is -2.12. The van der Waals surface area contributed by atoms with Crippen LogP contribution in [0.5, 0.6) is 11.5 Å². The van der Waals surface area contributed by atoms with Crippen LogP contribution in [0.1, 0.15) is 6.42 Å². The van der Waals surface area contributed by atoms with E-state index in [2.05, 4.69) is 0 Å². The van der Waals surface area contributed by atoms with Crippen LogP contribution in [0.25, 0.3) is 0 Å². The summed E-state index contributed by atoms with van der Waals surface area (Å²) in [5, 5.41) is 0. The van der Waals surface area contributed by atoms with Crippen LogP contribution in [0.15, 0.2) is 53.4 Å². The Morgan fingerprint density at radius 2 is 1.58 bits per heavy atom. The van der Waals surface area contributed by atoms with Crippen LogP contribution in [0.3, 0.4) is 0 Å². The van der Waals surface area contributed by atoms with Crippen LogP contribution >= 0.6 is 0 Å². The van der Waals surface area contributed by atoms with Crippen LogP contribution in [-0.4, -0.2) is 40.0 Å². The fraction of sp³-hybridized carbons (Fsp3) is 0.294. The summed E-state index contributed by atoms with van der Waals surface area (Å²) >= 11 is 0. The van der Waals surface area contributed by atoms with Crippen molar-refractivity contribution in [2.24, 2.45) is 0 Å². The molecule has 2 aromatic rings. The zero-order chi connectivity index (χ0) is 17.6. The van der Waals surface area contributed by atoms with Crippen LogP contribution < -0.4 is 9.47 Å². The Morgan fingerprint density at radius 1 is 1.00 bits per heavy atom. The molecular weight excluding hydrogens is 333 g/mol. The van der Waals surface area contributed by atoms with Gasteiger partial charge < -0.3 is 9.47 Å². The van der Waals surface area contributed by atoms with Gasteiger partial charge in [0.05, 0.1) is 18.6 Å². The van der Waals surface area contributed by atoms with Gasteiger partial charge in [0.15, 0.2) is 0 Å². The first kappa shape index (κ1) is 18.2. The van der Waals surface area contributed by atoms with Crippen molar-refractivity contribution in [1.29, 1.82) is 0 Å². The third-order valence-corrected chi connectivity index (χ3v) is 5.34. The van der Waals surface area contributed by atoms with Crippen LogP contribution in [0.2, 0.25) is 0 Å². The summed E-state index contributed by atoms with van der Waals surface area (Å²) in [5.74, 6) is 0.969. The molecule has 0 N–H and O–H groups in total. The molecule has 0 amide bonds. The quantitative estimate of drug-likeness (QED) is 0.685. The SMILES string of the molecule is COc1ccc(OCCCN(C)S(=O)(=O)c2ccc(F)cc2)cc1. The third-order valence-electron chi connectivity index (χ3n) is 3.47. The molecule has 0 aliphatic carbocycles. The van der Waals surface area contributed by atoms with Gasteiger partial charge in [-0.25, -0.2) is 17.1 Å². The molecule has 0 saturated carbocycles. The molecule has 0 saturated heterocycles. The van der Waals surface area contributed by atoms with E-state index in [0.717, 1.165) is 17.9 Å². The van der Waals surface area contributed by atoms with Gasteiger partial charge in [0, 0.05) is 13.6 Å². The molecule has 0 fully saturated rings. The molecule has 0 unspecified atom stereocenters. The first-order valence-corrected chi connectivity index (χ1v) is 8.86. The van der Waals surface area contributed by atoms with Crippen molar-refractivity contribution in [1.82, 2.24) is 4.31 Å². The second kappa shape index (κ2) is 8.12. The predicted molar refractivity (Wildman–Crippen MR) is 89.3 cm³/mol. The molecule has 7 heteroatoms. The number of rotatable bonds is 8. The molecule has 2 rings (SSSR count). The highest BCUT2D eigenvalue weighted by atomic mass is 32.2. The normalized spacial score (nSPS) is 11.5. The summed E-state index contributed by atoms with van der Waals surface area (Å²) in [6.45, 7) is 0.686. The third kappa shape index (κ3) is 4.69. The van der Waals surface area contributed by atoms with E-state index in [4.69, 9.17) is 9.47 Å². The molecule has 5 nitrogen and oxygen atoms in total. The molecule has 0 spiro atoms. The molecule has 0 aliphatic rings. The van der Waals surface area contributed by atoms with Crippen LogP contribution in [0, 0.1) is 5.82 Å². The van der Waals surface area contributed by atoms with Gasteiger partial charge in [-0.2, -0.15) is 0 Å². The minimum Gasteiger partial charge on any atom is -0.497 e. The van der Waals surface area contributed by atoms with E-state index in [0.29, 0.717) is 25.3 Å². The monoisotopic (exact) mass is 353 g/mol. The van der Waals surface area contributed by atoms with E-state index in [1.54, 1.807) is 31.4 Å². The standard InChI is InChI=1S/C17H20FNO4S/c1-19(24(20,21)17-10-4-14(18)5-11-17)12-3-13-23-16-8-6-15(22-2)7-9-16/h4-11H,3,12-13H2,1-2H3. The zero-order valence-electron chi connectivity index (χ0n) is 13.6. The fourth-order valence-corrected chi connectivity index (χ4v) is 3.27. The summed E-state index contributed by atoms with van der Waals surface area (Å²) < 4.78 is 49.4. The molecule has 130 valence electrons. The van der Waals surface area contributed by atoms with Crippen LogP contribution in [0.4, 0.5) is 4.39 Å². The topological polar surface area (TPSA) is 55.8 Å². The summed E-state index contributed by atoms with van der Waals surface area (Å²) in [4.78, 5) is 0.0717. The second-order valence-corrected chi connectivity index (χ2v) is 7.20. The minimum absolute atomic E-state index is 0.0717. The van der Waals surface area contributed by atoms with E-state index in [1.165, 1.54) is 23.5 Å². The number of ether oxygens (including phenoxy) is 2. The molecule has 0 heterocycles. The molecule has 2 aromatic carbocycles. The van der Waals surface area contributed by atoms with Gasteiger partial charge in [-0.15, -0.1) is 0 Å². The Labute approximate surface area is 141 Å². The van der Waals surface area contributed by atoms with Gasteiger partial charge in [0.25, 0.3) is 0 Å². The molecule has 0 bridgehead atoms. The lowest BCUT2D eigenvalue weighted by Crippen LogP contribution is -2.28. The van der Waals surface area contributed by atoms with Gasteiger partial charge in [0.1, 0.15) is 17.3 Å².